The van der Waals surface area contributed by atoms with Crippen molar-refractivity contribution >= 4 is 18.4 Å². The largest absolute Gasteiger partial charge is 0.507 e. The van der Waals surface area contributed by atoms with Crippen LogP contribution in [0.1, 0.15) is 20.3 Å². The lowest BCUT2D eigenvalue weighted by molar-refractivity contribution is 0.477. The third-order valence-corrected chi connectivity index (χ3v) is 4.76. The number of nitrogens with one attached hydrogen (secondary N) is 1. The fourth-order valence-corrected chi connectivity index (χ4v) is 3.47. The molecule has 0 radical (unpaired) electrons. The summed E-state index contributed by atoms with van der Waals surface area (Å²) in [4.78, 5) is 8.08. The lowest BCUT2D eigenvalue weighted by atomic mass is 10.1. The third-order valence-electron chi connectivity index (χ3n) is 4.76. The number of halogens is 1. The van der Waals surface area contributed by atoms with E-state index in [0.717, 1.165) is 25.1 Å². The number of anilines is 1. The number of benzene rings is 1. The number of rotatable bonds is 5. The SMILES string of the molecule is CC(C)NC1CCN(c2ncc(-c3ccc(-c4cnn(C)n4)cc3O)nn2)C1.Cl. The molecule has 4 rings (SSSR count). The summed E-state index contributed by atoms with van der Waals surface area (Å²) in [6.45, 7) is 6.08. The van der Waals surface area contributed by atoms with Gasteiger partial charge in [-0.15, -0.1) is 22.6 Å². The van der Waals surface area contributed by atoms with E-state index in [1.807, 2.05) is 6.07 Å². The molecule has 0 aliphatic carbocycles. The maximum absolute atomic E-state index is 10.4. The molecule has 2 aromatic heterocycles. The van der Waals surface area contributed by atoms with Crippen LogP contribution < -0.4 is 10.2 Å². The fourth-order valence-electron chi connectivity index (χ4n) is 3.47. The highest BCUT2D eigenvalue weighted by molar-refractivity contribution is 5.85. The van der Waals surface area contributed by atoms with Crippen LogP contribution in [0.3, 0.4) is 0 Å². The van der Waals surface area contributed by atoms with E-state index in [4.69, 9.17) is 0 Å². The van der Waals surface area contributed by atoms with Crippen LogP contribution in [0.4, 0.5) is 5.95 Å². The van der Waals surface area contributed by atoms with Crippen LogP contribution in [-0.4, -0.2) is 60.5 Å². The molecule has 154 valence electrons. The highest BCUT2D eigenvalue weighted by atomic mass is 35.5. The van der Waals surface area contributed by atoms with Gasteiger partial charge in [-0.25, -0.2) is 4.98 Å². The number of phenolic OH excluding ortho intramolecular Hbond substituents is 1. The van der Waals surface area contributed by atoms with Crippen LogP contribution in [0.15, 0.2) is 30.6 Å². The number of hydrogen-bond acceptors (Lipinski definition) is 8. The fraction of sp³-hybridized carbons (Fsp3) is 0.421. The maximum Gasteiger partial charge on any atom is 0.245 e. The van der Waals surface area contributed by atoms with Gasteiger partial charge in [-0.1, -0.05) is 19.9 Å². The summed E-state index contributed by atoms with van der Waals surface area (Å²) in [6, 6.07) is 6.22. The predicted molar refractivity (Wildman–Crippen MR) is 113 cm³/mol. The summed E-state index contributed by atoms with van der Waals surface area (Å²) < 4.78 is 0. The molecule has 10 heteroatoms. The Kier molecular flexibility index (Phi) is 6.29. The Balaban J connectivity index is 0.00000240. The highest BCUT2D eigenvalue weighted by Gasteiger charge is 2.25. The molecule has 29 heavy (non-hydrogen) atoms. The normalized spacial score (nSPS) is 16.3. The first-order valence-electron chi connectivity index (χ1n) is 9.40. The van der Waals surface area contributed by atoms with E-state index >= 15 is 0 Å². The third kappa shape index (κ3) is 4.63. The number of aromatic hydroxyl groups is 1. The monoisotopic (exact) mass is 416 g/mol. The minimum Gasteiger partial charge on any atom is -0.507 e. The van der Waals surface area contributed by atoms with Gasteiger partial charge in [0.15, 0.2) is 0 Å². The van der Waals surface area contributed by atoms with Gasteiger partial charge in [-0.2, -0.15) is 15.0 Å². The molecule has 3 aromatic rings. The van der Waals surface area contributed by atoms with E-state index in [2.05, 4.69) is 49.4 Å². The van der Waals surface area contributed by atoms with Crippen molar-refractivity contribution < 1.29 is 5.11 Å². The topological polar surface area (TPSA) is 105 Å². The second-order valence-corrected chi connectivity index (χ2v) is 7.35. The highest BCUT2D eigenvalue weighted by Crippen LogP contribution is 2.31. The number of aromatic nitrogens is 6. The van der Waals surface area contributed by atoms with E-state index in [1.165, 1.54) is 4.80 Å². The van der Waals surface area contributed by atoms with Gasteiger partial charge in [-0.3, -0.25) is 0 Å². The molecular weight excluding hydrogens is 392 g/mol. The first-order chi connectivity index (χ1) is 13.5. The minimum absolute atomic E-state index is 0. The standard InChI is InChI=1S/C19H24N8O.ClH/c1-12(2)22-14-6-7-27(11-14)19-20-9-17(23-24-19)15-5-4-13(8-18(15)28)16-10-21-26(3)25-16;/h4-5,8-10,12,14,22,28H,6-7,11H2,1-3H3;1H. The first-order valence-corrected chi connectivity index (χ1v) is 9.40. The molecule has 1 saturated heterocycles. The number of aryl methyl sites for hydroxylation is 1. The van der Waals surface area contributed by atoms with Crippen LogP contribution in [0.2, 0.25) is 0 Å². The van der Waals surface area contributed by atoms with Gasteiger partial charge in [0.1, 0.15) is 17.1 Å². The molecule has 9 nitrogen and oxygen atoms in total. The molecule has 1 fully saturated rings. The van der Waals surface area contributed by atoms with Crippen molar-refractivity contribution in [2.45, 2.75) is 32.4 Å². The van der Waals surface area contributed by atoms with Gasteiger partial charge < -0.3 is 15.3 Å². The molecule has 1 atom stereocenters. The second kappa shape index (κ2) is 8.71. The van der Waals surface area contributed by atoms with E-state index in [1.54, 1.807) is 31.6 Å². The van der Waals surface area contributed by atoms with Gasteiger partial charge in [0.2, 0.25) is 5.95 Å². The Bertz CT molecular complexity index is 959. The Hall–Kier alpha value is -2.78. The summed E-state index contributed by atoms with van der Waals surface area (Å²) >= 11 is 0. The summed E-state index contributed by atoms with van der Waals surface area (Å²) in [5, 5.41) is 30.8. The van der Waals surface area contributed by atoms with E-state index in [-0.39, 0.29) is 18.2 Å². The molecule has 1 aliphatic rings. The molecule has 1 unspecified atom stereocenters. The molecular formula is C19H25ClN8O. The van der Waals surface area contributed by atoms with Gasteiger partial charge in [0.05, 0.1) is 12.4 Å². The van der Waals surface area contributed by atoms with Gasteiger partial charge in [-0.05, 0) is 18.6 Å². The van der Waals surface area contributed by atoms with Crippen LogP contribution >= 0.6 is 12.4 Å². The van der Waals surface area contributed by atoms with Gasteiger partial charge in [0, 0.05) is 43.3 Å². The molecule has 3 heterocycles. The lowest BCUT2D eigenvalue weighted by Gasteiger charge is -2.18. The van der Waals surface area contributed by atoms with Crippen LogP contribution in [0, 0.1) is 0 Å². The zero-order chi connectivity index (χ0) is 19.7. The molecule has 2 N–H and O–H groups in total. The summed E-state index contributed by atoms with van der Waals surface area (Å²) in [5.41, 5.74) is 2.60. The zero-order valence-corrected chi connectivity index (χ0v) is 17.5. The van der Waals surface area contributed by atoms with Crippen molar-refractivity contribution in [2.75, 3.05) is 18.0 Å². The van der Waals surface area contributed by atoms with Crippen molar-refractivity contribution in [3.63, 3.8) is 0 Å². The van der Waals surface area contributed by atoms with Crippen molar-refractivity contribution in [1.29, 1.82) is 0 Å². The van der Waals surface area contributed by atoms with E-state index < -0.39 is 0 Å². The Morgan fingerprint density at radius 3 is 2.62 bits per heavy atom. The van der Waals surface area contributed by atoms with Crippen LogP contribution in [-0.2, 0) is 7.05 Å². The zero-order valence-electron chi connectivity index (χ0n) is 16.6. The number of phenols is 1. The molecule has 1 aromatic carbocycles. The minimum atomic E-state index is 0. The van der Waals surface area contributed by atoms with Crippen LogP contribution in [0.25, 0.3) is 22.5 Å². The van der Waals surface area contributed by atoms with E-state index in [9.17, 15) is 5.11 Å². The number of hydrogen-bond donors (Lipinski definition) is 2. The molecule has 0 saturated carbocycles. The van der Waals surface area contributed by atoms with Crippen molar-refractivity contribution in [1.82, 2.24) is 35.5 Å². The van der Waals surface area contributed by atoms with E-state index in [0.29, 0.717) is 35.0 Å². The molecule has 0 bridgehead atoms. The Labute approximate surface area is 175 Å². The van der Waals surface area contributed by atoms with Gasteiger partial charge in [0.25, 0.3) is 0 Å². The second-order valence-electron chi connectivity index (χ2n) is 7.35. The maximum atomic E-state index is 10.4. The number of nitrogens with zero attached hydrogens (tertiary/aromatic N) is 7. The lowest BCUT2D eigenvalue weighted by Crippen LogP contribution is -2.37. The molecule has 0 spiro atoms. The van der Waals surface area contributed by atoms with Gasteiger partial charge >= 0.3 is 0 Å². The first kappa shape index (κ1) is 20.9. The summed E-state index contributed by atoms with van der Waals surface area (Å²) in [6.07, 6.45) is 4.37. The average Bonchev–Trinajstić information content (AvgIpc) is 3.30. The van der Waals surface area contributed by atoms with Crippen LogP contribution in [0.5, 0.6) is 5.75 Å². The smallest absolute Gasteiger partial charge is 0.245 e. The molecule has 1 aliphatic heterocycles. The Morgan fingerprint density at radius 1 is 1.17 bits per heavy atom. The summed E-state index contributed by atoms with van der Waals surface area (Å²) in [5.74, 6) is 0.724. The average molecular weight is 417 g/mol. The predicted octanol–water partition coefficient (Wildman–Crippen LogP) is 2.04. The Morgan fingerprint density at radius 2 is 2.00 bits per heavy atom. The van der Waals surface area contributed by atoms with Crippen molar-refractivity contribution in [3.8, 4) is 28.3 Å². The van der Waals surface area contributed by atoms with Crippen molar-refractivity contribution in [2.24, 2.45) is 7.05 Å². The van der Waals surface area contributed by atoms with Crippen molar-refractivity contribution in [3.05, 3.63) is 30.6 Å². The molecule has 0 amide bonds. The summed E-state index contributed by atoms with van der Waals surface area (Å²) in [7, 11) is 1.75. The quantitative estimate of drug-likeness (QED) is 0.651.